The predicted molar refractivity (Wildman–Crippen MR) is 177 cm³/mol. The average Bonchev–Trinajstić information content (AvgIpc) is 3.80. The van der Waals surface area contributed by atoms with Gasteiger partial charge < -0.3 is 29.7 Å². The third-order valence-corrected chi connectivity index (χ3v) is 9.09. The molecule has 2 aliphatic heterocycles. The fourth-order valence-corrected chi connectivity index (χ4v) is 6.67. The van der Waals surface area contributed by atoms with Crippen LogP contribution in [0, 0.1) is 5.92 Å². The highest BCUT2D eigenvalue weighted by Crippen LogP contribution is 2.46. The lowest BCUT2D eigenvalue weighted by Crippen LogP contribution is -2.30. The van der Waals surface area contributed by atoms with E-state index in [-0.39, 0.29) is 23.8 Å². The lowest BCUT2D eigenvalue weighted by Gasteiger charge is -2.21. The molecule has 2 fully saturated rings. The molecule has 45 heavy (non-hydrogen) atoms. The van der Waals surface area contributed by atoms with Crippen LogP contribution in [0.3, 0.4) is 0 Å². The SMILES string of the molecule is C=CC(=O)C[C@H]1CN(c2cnn(C)c2)C[C@H]1Nc1cc2c(NC3CCOC3)nc(-c3c(Cl)c(OC)cc(OC)c3Cl)cc2cn1. The fourth-order valence-electron chi connectivity index (χ4n) is 5.97. The summed E-state index contributed by atoms with van der Waals surface area (Å²) in [6, 6.07) is 5.59. The van der Waals surface area contributed by atoms with Gasteiger partial charge in [-0.15, -0.1) is 0 Å². The maximum atomic E-state index is 12.4. The van der Waals surface area contributed by atoms with Gasteiger partial charge in [-0.2, -0.15) is 5.10 Å². The molecular formula is C32H35Cl2N7O4. The van der Waals surface area contributed by atoms with E-state index in [2.05, 4.69) is 27.2 Å². The standard InChI is InChI=1S/C32H35Cl2N7O4/c1-5-22(42)8-19-14-41(21-13-36-40(2)15-21)16-25(19)38-28-10-23-18(12-35-28)9-24(39-32(23)37-20-6-7-45-17-20)29-30(33)26(43-3)11-27(44-4)31(29)34/h5,9-13,15,19-20,25H,1,6-8,14,16-17H2,2-4H3,(H,35,38)(H,37,39)/t19-,20?,25+/m0/s1. The van der Waals surface area contributed by atoms with Crippen molar-refractivity contribution in [3.05, 3.63) is 59.5 Å². The highest BCUT2D eigenvalue weighted by Gasteiger charge is 2.35. The topological polar surface area (TPSA) is 116 Å². The van der Waals surface area contributed by atoms with Crippen LogP contribution in [0.15, 0.2) is 49.4 Å². The molecule has 0 spiro atoms. The zero-order chi connectivity index (χ0) is 31.7. The van der Waals surface area contributed by atoms with E-state index >= 15 is 0 Å². The van der Waals surface area contributed by atoms with E-state index in [1.165, 1.54) is 20.3 Å². The van der Waals surface area contributed by atoms with Gasteiger partial charge in [0.05, 0.1) is 54.5 Å². The first-order valence-corrected chi connectivity index (χ1v) is 15.4. The molecule has 0 radical (unpaired) electrons. The Kier molecular flexibility index (Phi) is 9.02. The van der Waals surface area contributed by atoms with E-state index in [1.54, 1.807) is 16.9 Å². The number of aryl methyl sites for hydroxylation is 1. The number of carbonyl (C=O) groups is 1. The van der Waals surface area contributed by atoms with Crippen molar-refractivity contribution in [2.24, 2.45) is 13.0 Å². The van der Waals surface area contributed by atoms with Gasteiger partial charge in [0.2, 0.25) is 0 Å². The Bertz CT molecular complexity index is 1710. The summed E-state index contributed by atoms with van der Waals surface area (Å²) in [7, 11) is 4.97. The molecule has 1 unspecified atom stereocenters. The molecule has 11 nitrogen and oxygen atoms in total. The Hall–Kier alpha value is -4.06. The summed E-state index contributed by atoms with van der Waals surface area (Å²) in [6.07, 6.45) is 8.25. The smallest absolute Gasteiger partial charge is 0.155 e. The van der Waals surface area contributed by atoms with Gasteiger partial charge in [-0.3, -0.25) is 9.48 Å². The van der Waals surface area contributed by atoms with Crippen LogP contribution in [0.2, 0.25) is 10.0 Å². The molecule has 5 heterocycles. The maximum absolute atomic E-state index is 12.4. The first-order valence-electron chi connectivity index (χ1n) is 14.7. The largest absolute Gasteiger partial charge is 0.495 e. The maximum Gasteiger partial charge on any atom is 0.155 e. The number of pyridine rings is 2. The number of methoxy groups -OCH3 is 2. The Balaban J connectivity index is 1.38. The molecule has 4 aromatic rings. The summed E-state index contributed by atoms with van der Waals surface area (Å²) in [5, 5.41) is 13.9. The van der Waals surface area contributed by atoms with Crippen molar-refractivity contribution >= 4 is 57.1 Å². The number of benzene rings is 1. The van der Waals surface area contributed by atoms with Gasteiger partial charge in [-0.25, -0.2) is 9.97 Å². The molecule has 2 N–H and O–H groups in total. The lowest BCUT2D eigenvalue weighted by atomic mass is 9.97. The fraction of sp³-hybridized carbons (Fsp3) is 0.375. The van der Waals surface area contributed by atoms with Gasteiger partial charge in [0.25, 0.3) is 0 Å². The van der Waals surface area contributed by atoms with Crippen LogP contribution in [-0.2, 0) is 16.6 Å². The second-order valence-electron chi connectivity index (χ2n) is 11.3. The molecule has 2 saturated heterocycles. The van der Waals surface area contributed by atoms with Crippen LogP contribution in [-0.4, -0.2) is 78.1 Å². The monoisotopic (exact) mass is 651 g/mol. The quantitative estimate of drug-likeness (QED) is 0.198. The van der Waals surface area contributed by atoms with E-state index in [0.717, 1.165) is 22.9 Å². The zero-order valence-corrected chi connectivity index (χ0v) is 26.9. The molecule has 0 saturated carbocycles. The lowest BCUT2D eigenvalue weighted by molar-refractivity contribution is -0.115. The average molecular weight is 653 g/mol. The molecule has 2 aliphatic rings. The third-order valence-electron chi connectivity index (χ3n) is 8.34. The van der Waals surface area contributed by atoms with E-state index in [1.807, 2.05) is 31.6 Å². The molecule has 0 aliphatic carbocycles. The number of ether oxygens (including phenoxy) is 3. The number of aromatic nitrogens is 4. The van der Waals surface area contributed by atoms with Crippen LogP contribution < -0.4 is 25.0 Å². The second kappa shape index (κ2) is 13.1. The van der Waals surface area contributed by atoms with Gasteiger partial charge in [-0.1, -0.05) is 29.8 Å². The number of halogens is 2. The number of nitrogens with zero attached hydrogens (tertiary/aromatic N) is 5. The van der Waals surface area contributed by atoms with Crippen molar-refractivity contribution in [1.82, 2.24) is 19.7 Å². The normalized spacial score (nSPS) is 19.6. The summed E-state index contributed by atoms with van der Waals surface area (Å²) < 4.78 is 18.4. The molecule has 0 bridgehead atoms. The molecule has 13 heteroatoms. The summed E-state index contributed by atoms with van der Waals surface area (Å²) in [6.45, 7) is 6.32. The third kappa shape index (κ3) is 6.38. The van der Waals surface area contributed by atoms with Crippen molar-refractivity contribution in [3.8, 4) is 22.8 Å². The summed E-state index contributed by atoms with van der Waals surface area (Å²) >= 11 is 13.6. The first kappa shape index (κ1) is 30.9. The molecule has 1 aromatic carbocycles. The summed E-state index contributed by atoms with van der Waals surface area (Å²) in [5.74, 6) is 2.24. The van der Waals surface area contributed by atoms with E-state index in [0.29, 0.717) is 77.2 Å². The van der Waals surface area contributed by atoms with E-state index in [9.17, 15) is 4.79 Å². The number of ketones is 1. The minimum atomic E-state index is -0.0345. The molecular weight excluding hydrogens is 617 g/mol. The van der Waals surface area contributed by atoms with Crippen LogP contribution in [0.1, 0.15) is 12.8 Å². The minimum Gasteiger partial charge on any atom is -0.495 e. The molecule has 236 valence electrons. The van der Waals surface area contributed by atoms with Gasteiger partial charge in [-0.05, 0) is 24.6 Å². The Labute approximate surface area is 271 Å². The van der Waals surface area contributed by atoms with Crippen molar-refractivity contribution in [3.63, 3.8) is 0 Å². The molecule has 0 amide bonds. The Morgan fingerprint density at radius 2 is 1.91 bits per heavy atom. The van der Waals surface area contributed by atoms with Gasteiger partial charge in [0.15, 0.2) is 5.78 Å². The van der Waals surface area contributed by atoms with Crippen LogP contribution in [0.4, 0.5) is 17.3 Å². The highest BCUT2D eigenvalue weighted by atomic mass is 35.5. The first-order chi connectivity index (χ1) is 21.8. The number of rotatable bonds is 11. The van der Waals surface area contributed by atoms with E-state index < -0.39 is 0 Å². The van der Waals surface area contributed by atoms with Gasteiger partial charge >= 0.3 is 0 Å². The number of carbonyl (C=O) groups excluding carboxylic acids is 1. The molecule has 6 rings (SSSR count). The number of anilines is 3. The van der Waals surface area contributed by atoms with Crippen LogP contribution >= 0.6 is 23.2 Å². The van der Waals surface area contributed by atoms with Gasteiger partial charge in [0.1, 0.15) is 23.1 Å². The van der Waals surface area contributed by atoms with Crippen molar-refractivity contribution < 1.29 is 19.0 Å². The van der Waals surface area contributed by atoms with Crippen molar-refractivity contribution in [2.75, 3.05) is 56.1 Å². The number of nitrogens with one attached hydrogen (secondary N) is 2. The van der Waals surface area contributed by atoms with Crippen LogP contribution in [0.25, 0.3) is 22.0 Å². The van der Waals surface area contributed by atoms with Crippen molar-refractivity contribution in [1.29, 1.82) is 0 Å². The minimum absolute atomic E-state index is 0.0137. The molecule has 3 atom stereocenters. The predicted octanol–water partition coefficient (Wildman–Crippen LogP) is 5.62. The second-order valence-corrected chi connectivity index (χ2v) is 12.1. The van der Waals surface area contributed by atoms with Crippen LogP contribution in [0.5, 0.6) is 11.5 Å². The van der Waals surface area contributed by atoms with E-state index in [4.69, 9.17) is 47.4 Å². The number of allylic oxidation sites excluding steroid dienone is 1. The summed E-state index contributed by atoms with van der Waals surface area (Å²) in [4.78, 5) is 24.5. The zero-order valence-electron chi connectivity index (χ0n) is 25.3. The number of hydrogen-bond acceptors (Lipinski definition) is 10. The summed E-state index contributed by atoms with van der Waals surface area (Å²) in [5.41, 5.74) is 2.06. The van der Waals surface area contributed by atoms with Crippen molar-refractivity contribution in [2.45, 2.75) is 24.9 Å². The highest BCUT2D eigenvalue weighted by molar-refractivity contribution is 6.41. The number of hydrogen-bond donors (Lipinski definition) is 2. The molecule has 3 aromatic heterocycles. The Morgan fingerprint density at radius 3 is 2.56 bits per heavy atom. The number of fused-ring (bicyclic) bond motifs is 1. The Morgan fingerprint density at radius 1 is 1.13 bits per heavy atom. The van der Waals surface area contributed by atoms with Gasteiger partial charge in [0, 0.05) is 79.9 Å².